The monoisotopic (exact) mass is 233 g/mol. The summed E-state index contributed by atoms with van der Waals surface area (Å²) in [6.07, 6.45) is 3.03. The van der Waals surface area contributed by atoms with E-state index in [0.29, 0.717) is 19.3 Å². The van der Waals surface area contributed by atoms with Crippen LogP contribution in [-0.2, 0) is 6.42 Å². The van der Waals surface area contributed by atoms with Gasteiger partial charge in [-0.2, -0.15) is 0 Å². The fourth-order valence-electron chi connectivity index (χ4n) is 2.26. The summed E-state index contributed by atoms with van der Waals surface area (Å²) >= 11 is 0. The van der Waals surface area contributed by atoms with Gasteiger partial charge in [0.1, 0.15) is 13.2 Å². The van der Waals surface area contributed by atoms with Crippen molar-refractivity contribution in [3.8, 4) is 11.5 Å². The van der Waals surface area contributed by atoms with Gasteiger partial charge >= 0.3 is 0 Å². The second-order valence-corrected chi connectivity index (χ2v) is 4.66. The highest BCUT2D eigenvalue weighted by molar-refractivity contribution is 5.86. The predicted molar refractivity (Wildman–Crippen MR) is 65.3 cm³/mol. The van der Waals surface area contributed by atoms with Crippen LogP contribution in [0.3, 0.4) is 0 Å². The smallest absolute Gasteiger partial charge is 0.163 e. The van der Waals surface area contributed by atoms with E-state index in [1.165, 1.54) is 10.9 Å². The number of rotatable bonds is 2. The van der Waals surface area contributed by atoms with Crippen LogP contribution in [0.25, 0.3) is 10.9 Å². The number of H-pyrrole nitrogens is 1. The molecule has 1 unspecified atom stereocenters. The summed E-state index contributed by atoms with van der Waals surface area (Å²) in [6.45, 7) is 3.38. The van der Waals surface area contributed by atoms with E-state index >= 15 is 0 Å². The lowest BCUT2D eigenvalue weighted by molar-refractivity contribution is -0.413. The van der Waals surface area contributed by atoms with E-state index in [-0.39, 0.29) is 0 Å². The number of benzene rings is 1. The van der Waals surface area contributed by atoms with Crippen LogP contribution in [0.2, 0.25) is 0 Å². The van der Waals surface area contributed by atoms with Crippen molar-refractivity contribution in [2.45, 2.75) is 19.4 Å². The fraction of sp³-hybridized carbons (Fsp3) is 0.385. The fourth-order valence-corrected chi connectivity index (χ4v) is 2.26. The number of nitrogens with one attached hydrogen (secondary N) is 1. The van der Waals surface area contributed by atoms with E-state index in [1.807, 2.05) is 6.07 Å². The summed E-state index contributed by atoms with van der Waals surface area (Å²) in [7, 11) is 0. The first-order valence-electron chi connectivity index (χ1n) is 5.97. The molecule has 0 aliphatic carbocycles. The number of fused-ring (bicyclic) bond motifs is 2. The molecule has 4 nitrogen and oxygen atoms in total. The number of ether oxygens (including phenoxy) is 2. The van der Waals surface area contributed by atoms with Gasteiger partial charge in [-0.05, 0) is 18.6 Å². The molecule has 0 saturated carbocycles. The zero-order chi connectivity index (χ0) is 11.8. The van der Waals surface area contributed by atoms with Crippen molar-refractivity contribution in [1.82, 2.24) is 4.98 Å². The molecule has 1 aliphatic heterocycles. The molecular formula is C13H17N2O2+. The Labute approximate surface area is 99.7 Å². The Morgan fingerprint density at radius 3 is 2.71 bits per heavy atom. The van der Waals surface area contributed by atoms with Crippen LogP contribution in [0.4, 0.5) is 0 Å². The second kappa shape index (κ2) is 3.96. The van der Waals surface area contributed by atoms with E-state index < -0.39 is 0 Å². The third-order valence-corrected chi connectivity index (χ3v) is 3.00. The summed E-state index contributed by atoms with van der Waals surface area (Å²) in [6, 6.07) is 4.49. The van der Waals surface area contributed by atoms with Crippen molar-refractivity contribution in [3.63, 3.8) is 0 Å². The van der Waals surface area contributed by atoms with Gasteiger partial charge in [0.15, 0.2) is 11.5 Å². The molecule has 4 N–H and O–H groups in total. The quantitative estimate of drug-likeness (QED) is 0.816. The van der Waals surface area contributed by atoms with Crippen LogP contribution in [0, 0.1) is 0 Å². The Balaban J connectivity index is 2.09. The third kappa shape index (κ3) is 1.85. The van der Waals surface area contributed by atoms with E-state index in [2.05, 4.69) is 29.9 Å². The van der Waals surface area contributed by atoms with Crippen LogP contribution in [0.15, 0.2) is 18.3 Å². The molecule has 4 heteroatoms. The number of aromatic nitrogens is 1. The first-order valence-corrected chi connectivity index (χ1v) is 5.97. The highest BCUT2D eigenvalue weighted by Gasteiger charge is 2.15. The lowest BCUT2D eigenvalue weighted by atomic mass is 10.1. The average molecular weight is 233 g/mol. The number of quaternary nitrogens is 1. The molecule has 0 amide bonds. The first-order chi connectivity index (χ1) is 8.24. The van der Waals surface area contributed by atoms with Gasteiger partial charge in [0.05, 0.1) is 6.04 Å². The van der Waals surface area contributed by atoms with Crippen molar-refractivity contribution < 1.29 is 15.2 Å². The van der Waals surface area contributed by atoms with Crippen LogP contribution in [0.1, 0.15) is 12.5 Å². The molecule has 0 spiro atoms. The van der Waals surface area contributed by atoms with E-state index in [4.69, 9.17) is 9.47 Å². The van der Waals surface area contributed by atoms with Gasteiger partial charge in [0.25, 0.3) is 0 Å². The summed E-state index contributed by atoms with van der Waals surface area (Å²) in [5.41, 5.74) is 6.43. The van der Waals surface area contributed by atoms with Crippen molar-refractivity contribution in [3.05, 3.63) is 23.9 Å². The molecule has 3 rings (SSSR count). The molecule has 1 atom stereocenters. The maximum Gasteiger partial charge on any atom is 0.163 e. The number of aromatic amines is 1. The number of hydrogen-bond acceptors (Lipinski definition) is 2. The Morgan fingerprint density at radius 1 is 1.29 bits per heavy atom. The maximum absolute atomic E-state index is 5.61. The Morgan fingerprint density at radius 2 is 2.00 bits per heavy atom. The molecule has 1 aliphatic rings. The molecule has 0 fully saturated rings. The second-order valence-electron chi connectivity index (χ2n) is 4.66. The molecule has 1 aromatic carbocycles. The molecule has 0 saturated heterocycles. The van der Waals surface area contributed by atoms with Gasteiger partial charge < -0.3 is 20.2 Å². The van der Waals surface area contributed by atoms with Crippen molar-refractivity contribution in [1.29, 1.82) is 0 Å². The van der Waals surface area contributed by atoms with Gasteiger partial charge in [-0.25, -0.2) is 0 Å². The van der Waals surface area contributed by atoms with Crippen LogP contribution in [0.5, 0.6) is 11.5 Å². The van der Waals surface area contributed by atoms with Crippen LogP contribution in [-0.4, -0.2) is 24.2 Å². The first kappa shape index (κ1) is 10.5. The normalized spacial score (nSPS) is 16.1. The SMILES string of the molecule is CC([NH3+])Cc1c[nH]c2cc3c(cc12)OCCO3. The lowest BCUT2D eigenvalue weighted by Crippen LogP contribution is -2.60. The standard InChI is InChI=1S/C13H16N2O2/c1-8(14)4-9-7-15-11-6-13-12(5-10(9)11)16-2-3-17-13/h5-8,15H,2-4,14H2,1H3/p+1. The summed E-state index contributed by atoms with van der Waals surface area (Å²) in [5.74, 6) is 1.68. The molecule has 90 valence electrons. The van der Waals surface area contributed by atoms with Gasteiger partial charge in [0.2, 0.25) is 0 Å². The molecular weight excluding hydrogens is 216 g/mol. The minimum Gasteiger partial charge on any atom is -0.486 e. The summed E-state index contributed by atoms with van der Waals surface area (Å²) in [4.78, 5) is 3.28. The Hall–Kier alpha value is -1.68. The van der Waals surface area contributed by atoms with Crippen LogP contribution < -0.4 is 15.2 Å². The minimum atomic E-state index is 0.405. The van der Waals surface area contributed by atoms with E-state index in [9.17, 15) is 0 Å². The van der Waals surface area contributed by atoms with Gasteiger partial charge in [-0.1, -0.05) is 0 Å². The maximum atomic E-state index is 5.61. The summed E-state index contributed by atoms with van der Waals surface area (Å²) < 4.78 is 11.2. The van der Waals surface area contributed by atoms with Crippen LogP contribution >= 0.6 is 0 Å². The number of hydrogen-bond donors (Lipinski definition) is 2. The largest absolute Gasteiger partial charge is 0.486 e. The van der Waals surface area contributed by atoms with Gasteiger partial charge in [-0.15, -0.1) is 0 Å². The average Bonchev–Trinajstić information content (AvgIpc) is 2.68. The zero-order valence-electron chi connectivity index (χ0n) is 9.95. The predicted octanol–water partition coefficient (Wildman–Crippen LogP) is 1.11. The molecule has 17 heavy (non-hydrogen) atoms. The molecule has 1 aromatic heterocycles. The Kier molecular flexibility index (Phi) is 2.44. The third-order valence-electron chi connectivity index (χ3n) is 3.00. The highest BCUT2D eigenvalue weighted by atomic mass is 16.6. The molecule has 2 heterocycles. The van der Waals surface area contributed by atoms with Crippen molar-refractivity contribution in [2.75, 3.05) is 13.2 Å². The van der Waals surface area contributed by atoms with Gasteiger partial charge in [0, 0.05) is 29.6 Å². The minimum absolute atomic E-state index is 0.405. The van der Waals surface area contributed by atoms with E-state index in [1.54, 1.807) is 0 Å². The molecule has 0 bridgehead atoms. The van der Waals surface area contributed by atoms with Crippen molar-refractivity contribution >= 4 is 10.9 Å². The van der Waals surface area contributed by atoms with Crippen molar-refractivity contribution in [2.24, 2.45) is 0 Å². The topological polar surface area (TPSA) is 61.9 Å². The lowest BCUT2D eigenvalue weighted by Gasteiger charge is -2.18. The molecule has 2 aromatic rings. The Bertz CT molecular complexity index is 546. The summed E-state index contributed by atoms with van der Waals surface area (Å²) in [5, 5.41) is 1.21. The molecule has 0 radical (unpaired) electrons. The van der Waals surface area contributed by atoms with Gasteiger partial charge in [-0.3, -0.25) is 0 Å². The zero-order valence-corrected chi connectivity index (χ0v) is 9.95. The van der Waals surface area contributed by atoms with E-state index in [0.717, 1.165) is 23.4 Å². The highest BCUT2D eigenvalue weighted by Crippen LogP contribution is 2.35.